The zero-order chi connectivity index (χ0) is 26.3. The molecule has 0 spiro atoms. The Kier molecular flexibility index (Phi) is 12.0. The van der Waals surface area contributed by atoms with Crippen LogP contribution in [0.3, 0.4) is 0 Å². The van der Waals surface area contributed by atoms with E-state index in [1.165, 1.54) is 0 Å². The van der Waals surface area contributed by atoms with E-state index in [0.717, 1.165) is 22.4 Å². The number of hydrogen-bond donors (Lipinski definition) is 3. The zero-order valence-electron chi connectivity index (χ0n) is 20.8. The molecule has 0 aliphatic carbocycles. The van der Waals surface area contributed by atoms with Crippen LogP contribution in [-0.4, -0.2) is 63.0 Å². The molecule has 3 amide bonds. The van der Waals surface area contributed by atoms with Gasteiger partial charge in [-0.25, -0.2) is 0 Å². The van der Waals surface area contributed by atoms with E-state index in [1.807, 2.05) is 48.5 Å². The number of thiol groups is 1. The topological polar surface area (TPSA) is 97.0 Å². The fourth-order valence-electron chi connectivity index (χ4n) is 3.68. The van der Waals surface area contributed by atoms with E-state index in [0.29, 0.717) is 45.1 Å². The number of ether oxygens (including phenoxy) is 2. The van der Waals surface area contributed by atoms with E-state index in [1.54, 1.807) is 4.90 Å². The highest BCUT2D eigenvalue weighted by atomic mass is 32.1. The Balaban J connectivity index is 1.34. The molecule has 0 radical (unpaired) electrons. The summed E-state index contributed by atoms with van der Waals surface area (Å²) in [6.45, 7) is 2.50. The van der Waals surface area contributed by atoms with Crippen LogP contribution in [0.5, 0.6) is 0 Å². The first-order chi connectivity index (χ1) is 18.1. The van der Waals surface area contributed by atoms with Gasteiger partial charge in [-0.1, -0.05) is 42.2 Å². The third-order valence-electron chi connectivity index (χ3n) is 5.59. The van der Waals surface area contributed by atoms with E-state index in [4.69, 9.17) is 9.47 Å². The number of carbonyl (C=O) groups excluding carboxylic acids is 3. The van der Waals surface area contributed by atoms with Crippen molar-refractivity contribution >= 4 is 36.0 Å². The smallest absolute Gasteiger partial charge is 0.229 e. The van der Waals surface area contributed by atoms with Crippen LogP contribution >= 0.6 is 12.6 Å². The quantitative estimate of drug-likeness (QED) is 0.201. The lowest BCUT2D eigenvalue weighted by atomic mass is 10.0. The molecule has 1 aliphatic heterocycles. The van der Waals surface area contributed by atoms with Gasteiger partial charge < -0.3 is 25.0 Å². The summed E-state index contributed by atoms with van der Waals surface area (Å²) in [6, 6.07) is 15.4. The average molecular weight is 524 g/mol. The Bertz CT molecular complexity index is 1130. The van der Waals surface area contributed by atoms with Crippen molar-refractivity contribution < 1.29 is 23.9 Å². The molecule has 0 bridgehead atoms. The Labute approximate surface area is 223 Å². The summed E-state index contributed by atoms with van der Waals surface area (Å²) in [5.74, 6) is 6.60. The number of benzene rings is 2. The highest BCUT2D eigenvalue weighted by Crippen LogP contribution is 2.25. The minimum absolute atomic E-state index is 0.0473. The van der Waals surface area contributed by atoms with Crippen molar-refractivity contribution in [2.45, 2.75) is 25.8 Å². The predicted molar refractivity (Wildman–Crippen MR) is 145 cm³/mol. The molecule has 1 heterocycles. The van der Waals surface area contributed by atoms with Gasteiger partial charge in [0.15, 0.2) is 0 Å². The van der Waals surface area contributed by atoms with E-state index < -0.39 is 0 Å². The van der Waals surface area contributed by atoms with E-state index in [9.17, 15) is 14.4 Å². The lowest BCUT2D eigenvalue weighted by Gasteiger charge is -2.26. The molecule has 37 heavy (non-hydrogen) atoms. The number of rotatable bonds is 14. The first kappa shape index (κ1) is 28.3. The summed E-state index contributed by atoms with van der Waals surface area (Å²) in [4.78, 5) is 38.3. The second kappa shape index (κ2) is 15.7. The normalized spacial score (nSPS) is 11.8. The first-order valence-electron chi connectivity index (χ1n) is 12.4. The van der Waals surface area contributed by atoms with Gasteiger partial charge in [-0.3, -0.25) is 14.4 Å². The standard InChI is InChI=1S/C28H33N3O5S/c32-26(12-16-35-18-19-36-17-15-30-27(33)13-20-37)29-14-11-28(34)31-21-24-7-2-1-5-22(24)9-10-23-6-3-4-8-25(23)31/h1-8,37H,11-21H2,(H,29,32)(H,30,33). The maximum Gasteiger partial charge on any atom is 0.229 e. The Hall–Kier alpha value is -3.32. The monoisotopic (exact) mass is 523 g/mol. The third kappa shape index (κ3) is 9.57. The van der Waals surface area contributed by atoms with Gasteiger partial charge >= 0.3 is 0 Å². The second-order valence-electron chi connectivity index (χ2n) is 8.30. The van der Waals surface area contributed by atoms with Gasteiger partial charge in [0.1, 0.15) is 0 Å². The number of amides is 3. The lowest BCUT2D eigenvalue weighted by Crippen LogP contribution is -2.35. The SMILES string of the molecule is O=C(CCS)NCCOCCOCCC(=O)NCCC(=O)N1Cc2ccccc2C#Cc2ccccc21. The second-order valence-corrected chi connectivity index (χ2v) is 8.75. The van der Waals surface area contributed by atoms with Crippen molar-refractivity contribution in [3.05, 3.63) is 65.2 Å². The van der Waals surface area contributed by atoms with Crippen molar-refractivity contribution in [1.29, 1.82) is 0 Å². The Morgan fingerprint density at radius 3 is 2.24 bits per heavy atom. The van der Waals surface area contributed by atoms with E-state index in [2.05, 4.69) is 35.1 Å². The van der Waals surface area contributed by atoms with Crippen LogP contribution in [0.15, 0.2) is 48.5 Å². The van der Waals surface area contributed by atoms with E-state index >= 15 is 0 Å². The molecule has 2 N–H and O–H groups in total. The van der Waals surface area contributed by atoms with Gasteiger partial charge in [-0.15, -0.1) is 0 Å². The number of nitrogens with zero attached hydrogens (tertiary/aromatic N) is 1. The molecule has 196 valence electrons. The summed E-state index contributed by atoms with van der Waals surface area (Å²) in [5, 5.41) is 5.52. The van der Waals surface area contributed by atoms with Crippen molar-refractivity contribution in [3.63, 3.8) is 0 Å². The van der Waals surface area contributed by atoms with Crippen molar-refractivity contribution in [1.82, 2.24) is 10.6 Å². The summed E-state index contributed by atoms with van der Waals surface area (Å²) in [5.41, 5.74) is 3.47. The minimum atomic E-state index is -0.176. The van der Waals surface area contributed by atoms with Gasteiger partial charge in [0.05, 0.1) is 38.7 Å². The molecule has 2 aromatic rings. The number of para-hydroxylation sites is 1. The summed E-state index contributed by atoms with van der Waals surface area (Å²) in [6.07, 6.45) is 0.761. The molecule has 9 heteroatoms. The summed E-state index contributed by atoms with van der Waals surface area (Å²) in [7, 11) is 0. The molecule has 0 saturated carbocycles. The fraction of sp³-hybridized carbons (Fsp3) is 0.393. The molecule has 2 aromatic carbocycles. The summed E-state index contributed by atoms with van der Waals surface area (Å²) < 4.78 is 10.8. The third-order valence-corrected chi connectivity index (χ3v) is 5.81. The predicted octanol–water partition coefficient (Wildman–Crippen LogP) is 2.30. The number of hydrogen-bond acceptors (Lipinski definition) is 6. The molecule has 3 rings (SSSR count). The van der Waals surface area contributed by atoms with Gasteiger partial charge in [0, 0.05) is 43.5 Å². The Morgan fingerprint density at radius 1 is 0.784 bits per heavy atom. The number of fused-ring (bicyclic) bond motifs is 2. The van der Waals surface area contributed by atoms with Crippen molar-refractivity contribution in [2.24, 2.45) is 0 Å². The number of anilines is 1. The van der Waals surface area contributed by atoms with Gasteiger partial charge in [0.25, 0.3) is 0 Å². The van der Waals surface area contributed by atoms with Crippen molar-refractivity contribution in [3.8, 4) is 11.8 Å². The molecular weight excluding hydrogens is 490 g/mol. The molecule has 0 aromatic heterocycles. The van der Waals surface area contributed by atoms with Crippen LogP contribution in [0.1, 0.15) is 36.0 Å². The zero-order valence-corrected chi connectivity index (χ0v) is 21.7. The van der Waals surface area contributed by atoms with Crippen LogP contribution in [0.25, 0.3) is 0 Å². The highest BCUT2D eigenvalue weighted by Gasteiger charge is 2.21. The van der Waals surface area contributed by atoms with Crippen LogP contribution in [0, 0.1) is 11.8 Å². The van der Waals surface area contributed by atoms with Crippen LogP contribution in [-0.2, 0) is 30.4 Å². The van der Waals surface area contributed by atoms with Crippen LogP contribution in [0.4, 0.5) is 5.69 Å². The van der Waals surface area contributed by atoms with Gasteiger partial charge in [0.2, 0.25) is 17.7 Å². The largest absolute Gasteiger partial charge is 0.379 e. The fourth-order valence-corrected chi connectivity index (χ4v) is 3.88. The lowest BCUT2D eigenvalue weighted by molar-refractivity contribution is -0.123. The number of carbonyl (C=O) groups is 3. The molecule has 0 fully saturated rings. The summed E-state index contributed by atoms with van der Waals surface area (Å²) >= 11 is 4.00. The maximum absolute atomic E-state index is 13.2. The first-order valence-corrected chi connectivity index (χ1v) is 13.0. The highest BCUT2D eigenvalue weighted by molar-refractivity contribution is 7.80. The minimum Gasteiger partial charge on any atom is -0.379 e. The van der Waals surface area contributed by atoms with E-state index in [-0.39, 0.29) is 43.7 Å². The van der Waals surface area contributed by atoms with Crippen LogP contribution in [0.2, 0.25) is 0 Å². The van der Waals surface area contributed by atoms with Crippen molar-refractivity contribution in [2.75, 3.05) is 50.2 Å². The molecular formula is C28H33N3O5S. The molecule has 0 unspecified atom stereocenters. The molecule has 8 nitrogen and oxygen atoms in total. The Morgan fingerprint density at radius 2 is 1.43 bits per heavy atom. The maximum atomic E-state index is 13.2. The molecule has 1 aliphatic rings. The van der Waals surface area contributed by atoms with Gasteiger partial charge in [-0.2, -0.15) is 12.6 Å². The molecule has 0 atom stereocenters. The number of nitrogens with one attached hydrogen (secondary N) is 2. The average Bonchev–Trinajstić information content (AvgIpc) is 2.89. The molecule has 0 saturated heterocycles. The van der Waals surface area contributed by atoms with Crippen LogP contribution < -0.4 is 15.5 Å². The van der Waals surface area contributed by atoms with Gasteiger partial charge in [-0.05, 0) is 29.5 Å².